The van der Waals surface area contributed by atoms with Gasteiger partial charge in [-0.05, 0) is 41.0 Å². The summed E-state index contributed by atoms with van der Waals surface area (Å²) < 4.78 is 0. The first kappa shape index (κ1) is 19.5. The summed E-state index contributed by atoms with van der Waals surface area (Å²) in [4.78, 5) is 27.1. The van der Waals surface area contributed by atoms with E-state index in [0.29, 0.717) is 22.7 Å². The van der Waals surface area contributed by atoms with Crippen LogP contribution in [-0.2, 0) is 6.42 Å². The summed E-state index contributed by atoms with van der Waals surface area (Å²) >= 11 is 0.993. The SMILES string of the molecule is O=C(O)N(c1ccccc1)c1cccc(-c2ccc(Cc3sc(=O)[nH]c3O)cc2)c1. The Morgan fingerprint density at radius 1 is 0.900 bits per heavy atom. The van der Waals surface area contributed by atoms with Crippen molar-refractivity contribution in [3.05, 3.63) is 99.0 Å². The van der Waals surface area contributed by atoms with E-state index in [1.807, 2.05) is 48.5 Å². The highest BCUT2D eigenvalue weighted by molar-refractivity contribution is 7.09. The molecule has 3 N–H and O–H groups in total. The predicted octanol–water partition coefficient (Wildman–Crippen LogP) is 5.22. The minimum absolute atomic E-state index is 0.0866. The number of nitrogens with zero attached hydrogens (tertiary/aromatic N) is 1. The highest BCUT2D eigenvalue weighted by Crippen LogP contribution is 2.30. The van der Waals surface area contributed by atoms with E-state index in [-0.39, 0.29) is 10.8 Å². The Labute approximate surface area is 176 Å². The summed E-state index contributed by atoms with van der Waals surface area (Å²) in [5.41, 5.74) is 3.90. The van der Waals surface area contributed by atoms with Crippen LogP contribution in [0.5, 0.6) is 5.88 Å². The van der Waals surface area contributed by atoms with Crippen molar-refractivity contribution in [2.75, 3.05) is 4.90 Å². The van der Waals surface area contributed by atoms with E-state index in [0.717, 1.165) is 28.0 Å². The highest BCUT2D eigenvalue weighted by atomic mass is 32.1. The van der Waals surface area contributed by atoms with Gasteiger partial charge in [-0.1, -0.05) is 65.9 Å². The molecular weight excluding hydrogens is 400 g/mol. The van der Waals surface area contributed by atoms with Crippen LogP contribution in [-0.4, -0.2) is 21.3 Å². The molecule has 0 aliphatic heterocycles. The largest absolute Gasteiger partial charge is 0.494 e. The number of nitrogens with one attached hydrogen (secondary N) is 1. The van der Waals surface area contributed by atoms with Crippen LogP contribution < -0.4 is 9.77 Å². The highest BCUT2D eigenvalue weighted by Gasteiger charge is 2.17. The number of thiazole rings is 1. The Kier molecular flexibility index (Phi) is 5.36. The van der Waals surface area contributed by atoms with Crippen LogP contribution in [0.4, 0.5) is 16.2 Å². The summed E-state index contributed by atoms with van der Waals surface area (Å²) in [7, 11) is 0. The fourth-order valence-corrected chi connectivity index (χ4v) is 4.00. The minimum atomic E-state index is -1.06. The number of anilines is 2. The number of hydrogen-bond donors (Lipinski definition) is 3. The van der Waals surface area contributed by atoms with Crippen LogP contribution in [0.25, 0.3) is 11.1 Å². The zero-order valence-corrected chi connectivity index (χ0v) is 16.6. The van der Waals surface area contributed by atoms with Crippen molar-refractivity contribution in [1.29, 1.82) is 0 Å². The number of H-pyrrole nitrogens is 1. The van der Waals surface area contributed by atoms with E-state index in [9.17, 15) is 19.8 Å². The Morgan fingerprint density at radius 3 is 2.23 bits per heavy atom. The monoisotopic (exact) mass is 418 g/mol. The first-order valence-electron chi connectivity index (χ1n) is 9.20. The van der Waals surface area contributed by atoms with Gasteiger partial charge in [0.1, 0.15) is 0 Å². The second kappa shape index (κ2) is 8.26. The van der Waals surface area contributed by atoms with Crippen molar-refractivity contribution in [1.82, 2.24) is 4.98 Å². The van der Waals surface area contributed by atoms with Gasteiger partial charge in [0.25, 0.3) is 0 Å². The zero-order chi connectivity index (χ0) is 21.1. The van der Waals surface area contributed by atoms with Crippen LogP contribution in [0.1, 0.15) is 10.4 Å². The average Bonchev–Trinajstić information content (AvgIpc) is 3.06. The standard InChI is InChI=1S/C23H18N2O4S/c26-21-20(30-22(27)24-21)13-15-9-11-16(12-10-15)17-5-4-8-19(14-17)25(23(28)29)18-6-2-1-3-7-18/h1-12,14,26H,13H2,(H,24,27)(H,28,29). The zero-order valence-electron chi connectivity index (χ0n) is 15.8. The maximum absolute atomic E-state index is 11.9. The summed E-state index contributed by atoms with van der Waals surface area (Å²) in [5.74, 6) is -0.0866. The average molecular weight is 418 g/mol. The van der Waals surface area contributed by atoms with Crippen LogP contribution in [0.2, 0.25) is 0 Å². The fraction of sp³-hybridized carbons (Fsp3) is 0.0435. The van der Waals surface area contributed by atoms with Gasteiger partial charge in [0, 0.05) is 6.42 Å². The molecule has 30 heavy (non-hydrogen) atoms. The van der Waals surface area contributed by atoms with Crippen molar-refractivity contribution in [2.24, 2.45) is 0 Å². The lowest BCUT2D eigenvalue weighted by atomic mass is 10.0. The van der Waals surface area contributed by atoms with Crippen molar-refractivity contribution in [3.63, 3.8) is 0 Å². The third kappa shape index (κ3) is 4.11. The molecule has 150 valence electrons. The Hall–Kier alpha value is -3.84. The van der Waals surface area contributed by atoms with Crippen LogP contribution >= 0.6 is 11.3 Å². The molecule has 4 aromatic rings. The number of carboxylic acid groups (broad SMARTS) is 1. The topological polar surface area (TPSA) is 93.6 Å². The normalized spacial score (nSPS) is 10.7. The Morgan fingerprint density at radius 2 is 1.60 bits per heavy atom. The second-order valence-corrected chi connectivity index (χ2v) is 7.73. The minimum Gasteiger partial charge on any atom is -0.494 e. The number of carbonyl (C=O) groups is 1. The molecule has 0 bridgehead atoms. The van der Waals surface area contributed by atoms with E-state index >= 15 is 0 Å². The molecule has 0 aliphatic rings. The fourth-order valence-electron chi connectivity index (χ4n) is 3.24. The summed E-state index contributed by atoms with van der Waals surface area (Å²) in [6.07, 6.45) is -0.602. The maximum Gasteiger partial charge on any atom is 0.416 e. The van der Waals surface area contributed by atoms with E-state index in [1.54, 1.807) is 30.3 Å². The van der Waals surface area contributed by atoms with Gasteiger partial charge in [-0.2, -0.15) is 0 Å². The third-order valence-corrected chi connectivity index (χ3v) is 5.53. The van der Waals surface area contributed by atoms with Gasteiger partial charge in [-0.15, -0.1) is 0 Å². The smallest absolute Gasteiger partial charge is 0.416 e. The second-order valence-electron chi connectivity index (χ2n) is 6.66. The van der Waals surface area contributed by atoms with Crippen LogP contribution in [0.15, 0.2) is 83.7 Å². The van der Waals surface area contributed by atoms with Crippen molar-refractivity contribution < 1.29 is 15.0 Å². The molecular formula is C23H18N2O4S. The van der Waals surface area contributed by atoms with Gasteiger partial charge in [0.05, 0.1) is 16.3 Å². The number of para-hydroxylation sites is 1. The molecule has 4 rings (SSSR count). The molecule has 1 heterocycles. The first-order valence-corrected chi connectivity index (χ1v) is 10.0. The Bertz CT molecular complexity index is 1230. The number of aromatic amines is 1. The van der Waals surface area contributed by atoms with E-state index in [2.05, 4.69) is 4.98 Å². The van der Waals surface area contributed by atoms with E-state index in [1.165, 1.54) is 4.90 Å². The third-order valence-electron chi connectivity index (χ3n) is 4.66. The molecule has 0 radical (unpaired) electrons. The molecule has 0 aliphatic carbocycles. The molecule has 0 spiro atoms. The lowest BCUT2D eigenvalue weighted by molar-refractivity contribution is 0.205. The number of aromatic nitrogens is 1. The molecule has 0 saturated heterocycles. The molecule has 0 atom stereocenters. The van der Waals surface area contributed by atoms with Gasteiger partial charge in [-0.3, -0.25) is 9.78 Å². The predicted molar refractivity (Wildman–Crippen MR) is 118 cm³/mol. The lowest BCUT2D eigenvalue weighted by Gasteiger charge is -2.20. The molecule has 0 unspecified atom stereocenters. The number of aromatic hydroxyl groups is 1. The Balaban J connectivity index is 1.61. The van der Waals surface area contributed by atoms with Gasteiger partial charge in [0.15, 0.2) is 0 Å². The summed E-state index contributed by atoms with van der Waals surface area (Å²) in [5, 5.41) is 19.5. The molecule has 1 amide bonds. The summed E-state index contributed by atoms with van der Waals surface area (Å²) in [6, 6.07) is 24.0. The lowest BCUT2D eigenvalue weighted by Crippen LogP contribution is -2.23. The number of amides is 1. The molecule has 6 nitrogen and oxygen atoms in total. The van der Waals surface area contributed by atoms with Crippen LogP contribution in [0.3, 0.4) is 0 Å². The number of rotatable bonds is 5. The van der Waals surface area contributed by atoms with E-state index < -0.39 is 6.09 Å². The van der Waals surface area contributed by atoms with Crippen molar-refractivity contribution in [2.45, 2.75) is 6.42 Å². The molecule has 0 saturated carbocycles. The summed E-state index contributed by atoms with van der Waals surface area (Å²) in [6.45, 7) is 0. The number of hydrogen-bond acceptors (Lipinski definition) is 4. The van der Waals surface area contributed by atoms with Gasteiger partial charge in [0.2, 0.25) is 5.88 Å². The van der Waals surface area contributed by atoms with Crippen LogP contribution in [0, 0.1) is 0 Å². The van der Waals surface area contributed by atoms with E-state index in [4.69, 9.17) is 0 Å². The van der Waals surface area contributed by atoms with Crippen molar-refractivity contribution >= 4 is 28.8 Å². The molecule has 3 aromatic carbocycles. The maximum atomic E-state index is 11.9. The molecule has 7 heteroatoms. The van der Waals surface area contributed by atoms with Crippen molar-refractivity contribution in [3.8, 4) is 17.0 Å². The van der Waals surface area contributed by atoms with Gasteiger partial charge in [-0.25, -0.2) is 9.69 Å². The molecule has 0 fully saturated rings. The quantitative estimate of drug-likeness (QED) is 0.414. The van der Waals surface area contributed by atoms with Gasteiger partial charge < -0.3 is 10.2 Å². The molecule has 1 aromatic heterocycles. The number of benzene rings is 3. The first-order chi connectivity index (χ1) is 14.5. The van der Waals surface area contributed by atoms with Gasteiger partial charge >= 0.3 is 11.0 Å².